The molecule has 0 amide bonds. The van der Waals surface area contributed by atoms with Crippen molar-refractivity contribution in [1.29, 1.82) is 0 Å². The molecule has 8 bridgehead atoms. The van der Waals surface area contributed by atoms with Crippen molar-refractivity contribution in [2.24, 2.45) is 26.8 Å². The number of carbonyl (C=O) groups is 1. The second-order valence-electron chi connectivity index (χ2n) is 11.2. The maximum atomic E-state index is 11.6. The van der Waals surface area contributed by atoms with Crippen LogP contribution in [0, 0.1) is 11.8 Å². The minimum Gasteiger partial charge on any atom is -0.511 e. The third kappa shape index (κ3) is 3.86. The number of nitrogens with zero attached hydrogens (tertiary/aromatic N) is 3. The quantitative estimate of drug-likeness (QED) is 0.364. The van der Waals surface area contributed by atoms with Gasteiger partial charge in [0.05, 0.1) is 34.2 Å². The summed E-state index contributed by atoms with van der Waals surface area (Å²) >= 11 is 0. The number of carboxylic acid groups (broad SMARTS) is 1. The third-order valence-electron chi connectivity index (χ3n) is 8.97. The van der Waals surface area contributed by atoms with Crippen LogP contribution in [0.5, 0.6) is 0 Å². The van der Waals surface area contributed by atoms with E-state index in [0.717, 1.165) is 85.5 Å². The Labute approximate surface area is 234 Å². The molecule has 6 aliphatic rings. The van der Waals surface area contributed by atoms with Gasteiger partial charge in [0.2, 0.25) is 0 Å². The van der Waals surface area contributed by atoms with Crippen LogP contribution in [-0.4, -0.2) is 33.3 Å². The highest BCUT2D eigenvalue weighted by Gasteiger charge is 2.41. The fourth-order valence-electron chi connectivity index (χ4n) is 6.66. The number of hydrogen-bond donors (Lipinski definition) is 3. The maximum Gasteiger partial charge on any atom is 0.303 e. The number of hydrogen-bond acceptors (Lipinski definition) is 6. The molecular weight excluding hydrogens is 500 g/mol. The van der Waals surface area contributed by atoms with Crippen LogP contribution in [0.2, 0.25) is 0 Å². The summed E-state index contributed by atoms with van der Waals surface area (Å²) in [5, 5.41) is 24.3. The highest BCUT2D eigenvalue weighted by atomic mass is 16.4. The second kappa shape index (κ2) is 9.44. The zero-order chi connectivity index (χ0) is 28.5. The zero-order valence-electron chi connectivity index (χ0n) is 23.6. The molecule has 0 aromatic rings. The molecule has 2 atom stereocenters. The van der Waals surface area contributed by atoms with Crippen molar-refractivity contribution in [2.45, 2.75) is 60.3 Å². The first kappa shape index (κ1) is 26.0. The topological polar surface area (TPSA) is 107 Å². The smallest absolute Gasteiger partial charge is 0.303 e. The third-order valence-corrected chi connectivity index (χ3v) is 8.97. The van der Waals surface area contributed by atoms with Crippen LogP contribution in [-0.2, 0) is 4.79 Å². The van der Waals surface area contributed by atoms with E-state index >= 15 is 0 Å². The van der Waals surface area contributed by atoms with Gasteiger partial charge in [-0.2, -0.15) is 0 Å². The van der Waals surface area contributed by atoms with Crippen LogP contribution in [0.1, 0.15) is 60.3 Å². The molecule has 0 aromatic carbocycles. The van der Waals surface area contributed by atoms with Gasteiger partial charge in [0.25, 0.3) is 0 Å². The molecule has 3 N–H and O–H groups in total. The first-order valence-corrected chi connectivity index (χ1v) is 13.9. The lowest BCUT2D eigenvalue weighted by Crippen LogP contribution is -2.15. The van der Waals surface area contributed by atoms with Gasteiger partial charge in [-0.05, 0) is 74.1 Å². The summed E-state index contributed by atoms with van der Waals surface area (Å²) in [5.74, 6) is -0.530. The average molecular weight is 535 g/mol. The normalized spacial score (nSPS) is 25.3. The highest BCUT2D eigenvalue weighted by molar-refractivity contribution is 6.21. The summed E-state index contributed by atoms with van der Waals surface area (Å²) in [7, 11) is 0. The van der Waals surface area contributed by atoms with Crippen molar-refractivity contribution >= 4 is 23.1 Å². The number of fused-ring (bicyclic) bond motifs is 5. The van der Waals surface area contributed by atoms with Gasteiger partial charge in [0.15, 0.2) is 0 Å². The van der Waals surface area contributed by atoms with Gasteiger partial charge in [-0.15, -0.1) is 0 Å². The van der Waals surface area contributed by atoms with Gasteiger partial charge in [-0.3, -0.25) is 4.79 Å². The summed E-state index contributed by atoms with van der Waals surface area (Å²) in [5.41, 5.74) is 13.9. The van der Waals surface area contributed by atoms with E-state index in [2.05, 4.69) is 45.7 Å². The van der Waals surface area contributed by atoms with Crippen molar-refractivity contribution in [3.05, 3.63) is 104 Å². The van der Waals surface area contributed by atoms with Crippen LogP contribution in [0.4, 0.5) is 0 Å². The standard InChI is InChI=1S/C33H34N4O3/c1-7-19-15(3)23-12-25-17(5)21(9-10-30(39)40)32(36-25)22-11-29(38)31-18(6)26(37-33(22)31)14-28-20(8-2)16(4)24(35-28)13-27(19)34-23/h7,12-14,17,21,36,38H,1,8-11H2,2-6H3,(H,39,40)/t17?,21-/m0/s1. The van der Waals surface area contributed by atoms with E-state index in [1.54, 1.807) is 0 Å². The van der Waals surface area contributed by atoms with Crippen molar-refractivity contribution < 1.29 is 15.0 Å². The molecule has 40 heavy (non-hydrogen) atoms. The van der Waals surface area contributed by atoms with Crippen LogP contribution >= 0.6 is 0 Å². The SMILES string of the molecule is C=CC1=C(C)C2=NC1=CC1=NC(=CC3=C(C)C4=C(O)CC(=C5NC(=C2)C(C)[C@@H]5CCC(=O)O)C4=N3)C(CC)=C1C. The Morgan fingerprint density at radius 2 is 1.80 bits per heavy atom. The molecule has 1 fully saturated rings. The first-order chi connectivity index (χ1) is 19.1. The molecule has 7 heteroatoms. The van der Waals surface area contributed by atoms with E-state index in [9.17, 15) is 15.0 Å². The molecule has 0 spiro atoms. The molecule has 5 heterocycles. The largest absolute Gasteiger partial charge is 0.511 e. The van der Waals surface area contributed by atoms with Crippen LogP contribution < -0.4 is 5.32 Å². The summed E-state index contributed by atoms with van der Waals surface area (Å²) in [6, 6.07) is 0. The minimum atomic E-state index is -0.819. The van der Waals surface area contributed by atoms with Crippen LogP contribution in [0.3, 0.4) is 0 Å². The molecular formula is C33H34N4O3. The summed E-state index contributed by atoms with van der Waals surface area (Å²) in [4.78, 5) is 26.7. The van der Waals surface area contributed by atoms with Gasteiger partial charge < -0.3 is 15.5 Å². The Morgan fingerprint density at radius 1 is 1.07 bits per heavy atom. The molecule has 1 aliphatic carbocycles. The van der Waals surface area contributed by atoms with E-state index in [1.807, 2.05) is 25.2 Å². The fourth-order valence-corrected chi connectivity index (χ4v) is 6.66. The number of carboxylic acids is 1. The predicted molar refractivity (Wildman–Crippen MR) is 159 cm³/mol. The molecule has 0 aromatic heterocycles. The van der Waals surface area contributed by atoms with Gasteiger partial charge in [0, 0.05) is 52.8 Å². The number of nitrogens with one attached hydrogen (secondary N) is 1. The van der Waals surface area contributed by atoms with E-state index in [-0.39, 0.29) is 18.3 Å². The first-order valence-electron chi connectivity index (χ1n) is 13.9. The van der Waals surface area contributed by atoms with E-state index < -0.39 is 5.97 Å². The minimum absolute atomic E-state index is 0.0368. The fraction of sp³-hybridized carbons (Fsp3) is 0.333. The van der Waals surface area contributed by atoms with Crippen LogP contribution in [0.25, 0.3) is 0 Å². The number of allylic oxidation sites excluding steroid dienone is 12. The summed E-state index contributed by atoms with van der Waals surface area (Å²) in [6.07, 6.45) is 9.74. The summed E-state index contributed by atoms with van der Waals surface area (Å²) < 4.78 is 0. The van der Waals surface area contributed by atoms with Gasteiger partial charge in [-0.1, -0.05) is 26.5 Å². The van der Waals surface area contributed by atoms with Gasteiger partial charge in [-0.25, -0.2) is 15.0 Å². The zero-order valence-corrected chi connectivity index (χ0v) is 23.6. The van der Waals surface area contributed by atoms with Gasteiger partial charge in [0.1, 0.15) is 5.76 Å². The Bertz CT molecular complexity index is 1660. The summed E-state index contributed by atoms with van der Waals surface area (Å²) in [6.45, 7) is 14.5. The molecule has 1 unspecified atom stereocenters. The number of aliphatic hydroxyl groups is 1. The van der Waals surface area contributed by atoms with Crippen molar-refractivity contribution in [3.8, 4) is 0 Å². The van der Waals surface area contributed by atoms with Crippen molar-refractivity contribution in [1.82, 2.24) is 5.32 Å². The molecule has 0 saturated carbocycles. The lowest BCUT2D eigenvalue weighted by molar-refractivity contribution is -0.137. The molecule has 6 rings (SSSR count). The molecule has 1 saturated heterocycles. The Kier molecular flexibility index (Phi) is 6.13. The van der Waals surface area contributed by atoms with E-state index in [4.69, 9.17) is 15.0 Å². The van der Waals surface area contributed by atoms with Crippen LogP contribution in [0.15, 0.2) is 119 Å². The Morgan fingerprint density at radius 3 is 2.50 bits per heavy atom. The second-order valence-corrected chi connectivity index (χ2v) is 11.2. The molecule has 204 valence electrons. The Hall–Kier alpha value is -4.26. The highest BCUT2D eigenvalue weighted by Crippen LogP contribution is 2.46. The number of aliphatic carboxylic acids is 1. The van der Waals surface area contributed by atoms with E-state index in [0.29, 0.717) is 18.6 Å². The predicted octanol–water partition coefficient (Wildman–Crippen LogP) is 6.71. The Balaban J connectivity index is 1.62. The number of aliphatic imine (C=N–C) groups is 3. The molecule has 5 aliphatic heterocycles. The lowest BCUT2D eigenvalue weighted by atomic mass is 9.86. The molecule has 0 radical (unpaired) electrons. The van der Waals surface area contributed by atoms with Crippen molar-refractivity contribution in [2.75, 3.05) is 0 Å². The monoisotopic (exact) mass is 534 g/mol. The molecule has 7 nitrogen and oxygen atoms in total. The average Bonchev–Trinajstić information content (AvgIpc) is 3.65. The number of rotatable bonds is 5. The van der Waals surface area contributed by atoms with Gasteiger partial charge >= 0.3 is 5.97 Å². The lowest BCUT2D eigenvalue weighted by Gasteiger charge is -2.17. The van der Waals surface area contributed by atoms with Crippen molar-refractivity contribution in [3.63, 3.8) is 0 Å². The number of aliphatic hydroxyl groups excluding tert-OH is 1. The maximum absolute atomic E-state index is 11.6. The van der Waals surface area contributed by atoms with E-state index in [1.165, 1.54) is 5.57 Å².